The Bertz CT molecular complexity index is 422. The minimum absolute atomic E-state index is 0.00560. The molecular formula is C12H18N2O3S. The fraction of sp³-hybridized carbons (Fsp3) is 0.500. The van der Waals surface area contributed by atoms with Gasteiger partial charge in [-0.05, 0) is 32.2 Å². The van der Waals surface area contributed by atoms with Crippen molar-refractivity contribution >= 4 is 23.5 Å². The van der Waals surface area contributed by atoms with Crippen LogP contribution >= 0.6 is 11.8 Å². The molecule has 2 atom stereocenters. The first-order chi connectivity index (χ1) is 8.49. The molecule has 0 radical (unpaired) electrons. The molecule has 1 heterocycles. The first-order valence-electron chi connectivity index (χ1n) is 5.60. The van der Waals surface area contributed by atoms with E-state index in [-0.39, 0.29) is 23.5 Å². The van der Waals surface area contributed by atoms with Gasteiger partial charge in [0.25, 0.3) is 0 Å². The minimum Gasteiger partial charge on any atom is -0.478 e. The van der Waals surface area contributed by atoms with Crippen molar-refractivity contribution in [3.63, 3.8) is 0 Å². The van der Waals surface area contributed by atoms with E-state index in [4.69, 9.17) is 5.11 Å². The van der Waals surface area contributed by atoms with Gasteiger partial charge in [-0.15, -0.1) is 0 Å². The Balaban J connectivity index is 2.95. The summed E-state index contributed by atoms with van der Waals surface area (Å²) in [6, 6.07) is 3.13. The van der Waals surface area contributed by atoms with Gasteiger partial charge in [0, 0.05) is 17.0 Å². The van der Waals surface area contributed by atoms with E-state index in [2.05, 4.69) is 10.3 Å². The molecule has 0 bridgehead atoms. The number of nitrogens with zero attached hydrogens (tertiary/aromatic N) is 1. The van der Waals surface area contributed by atoms with Gasteiger partial charge >= 0.3 is 5.97 Å². The molecule has 1 aromatic heterocycles. The molecule has 6 heteroatoms. The molecule has 1 rings (SSSR count). The first kappa shape index (κ1) is 14.8. The molecule has 100 valence electrons. The molecule has 0 spiro atoms. The summed E-state index contributed by atoms with van der Waals surface area (Å²) in [5, 5.41) is 21.4. The lowest BCUT2D eigenvalue weighted by molar-refractivity contribution is 0.0697. The van der Waals surface area contributed by atoms with E-state index in [1.54, 1.807) is 13.0 Å². The number of aromatic nitrogens is 1. The third-order valence-electron chi connectivity index (χ3n) is 2.67. The van der Waals surface area contributed by atoms with Crippen molar-refractivity contribution in [2.75, 3.05) is 18.2 Å². The van der Waals surface area contributed by atoms with E-state index in [0.717, 1.165) is 5.69 Å². The van der Waals surface area contributed by atoms with Crippen LogP contribution in [0.4, 0.5) is 5.82 Å². The number of nitrogens with one attached hydrogen (secondary N) is 1. The lowest BCUT2D eigenvalue weighted by Gasteiger charge is -2.22. The minimum atomic E-state index is -1.01. The zero-order chi connectivity index (χ0) is 13.7. The second kappa shape index (κ2) is 6.61. The normalized spacial score (nSPS) is 14.0. The number of hydrogen-bond donors (Lipinski definition) is 3. The van der Waals surface area contributed by atoms with E-state index < -0.39 is 5.97 Å². The number of rotatable bonds is 6. The molecular weight excluding hydrogens is 252 g/mol. The molecule has 0 aliphatic heterocycles. The van der Waals surface area contributed by atoms with Crippen molar-refractivity contribution in [1.82, 2.24) is 4.98 Å². The van der Waals surface area contributed by atoms with Crippen LogP contribution in [0.15, 0.2) is 12.1 Å². The molecule has 0 aromatic carbocycles. The Hall–Kier alpha value is -1.27. The quantitative estimate of drug-likeness (QED) is 0.728. The Morgan fingerprint density at radius 3 is 2.72 bits per heavy atom. The number of aryl methyl sites for hydroxylation is 1. The Labute approximate surface area is 111 Å². The second-order valence-corrected chi connectivity index (χ2v) is 5.12. The van der Waals surface area contributed by atoms with Crippen molar-refractivity contribution in [2.24, 2.45) is 0 Å². The zero-order valence-electron chi connectivity index (χ0n) is 10.7. The van der Waals surface area contributed by atoms with Crippen LogP contribution in [0.2, 0.25) is 0 Å². The fourth-order valence-corrected chi connectivity index (χ4v) is 2.21. The highest BCUT2D eigenvalue weighted by atomic mass is 32.2. The molecule has 0 saturated carbocycles. The monoisotopic (exact) mass is 270 g/mol. The maximum atomic E-state index is 11.1. The van der Waals surface area contributed by atoms with Gasteiger partial charge in [-0.25, -0.2) is 9.78 Å². The molecule has 2 unspecified atom stereocenters. The average Bonchev–Trinajstić information content (AvgIpc) is 2.30. The third-order valence-corrected chi connectivity index (χ3v) is 3.83. The van der Waals surface area contributed by atoms with Crippen molar-refractivity contribution in [3.05, 3.63) is 23.4 Å². The maximum absolute atomic E-state index is 11.1. The number of pyridine rings is 1. The lowest BCUT2D eigenvalue weighted by atomic mass is 10.2. The largest absolute Gasteiger partial charge is 0.478 e. The van der Waals surface area contributed by atoms with Crippen LogP contribution in [-0.4, -0.2) is 45.3 Å². The Kier molecular flexibility index (Phi) is 5.43. The number of carbonyl (C=O) groups is 1. The van der Waals surface area contributed by atoms with Gasteiger partial charge in [0.05, 0.1) is 6.61 Å². The first-order valence-corrected chi connectivity index (χ1v) is 6.89. The fourth-order valence-electron chi connectivity index (χ4n) is 1.58. The highest BCUT2D eigenvalue weighted by Crippen LogP contribution is 2.18. The SMILES string of the molecule is CSC(CO)C(C)Nc1nc(C)ccc1C(=O)O. The summed E-state index contributed by atoms with van der Waals surface area (Å²) in [6.07, 6.45) is 1.90. The number of anilines is 1. The Morgan fingerprint density at radius 1 is 1.56 bits per heavy atom. The van der Waals surface area contributed by atoms with Gasteiger partial charge in [-0.3, -0.25) is 0 Å². The standard InChI is InChI=1S/C12H18N2O3S/c1-7-4-5-9(12(16)17)11(13-7)14-8(2)10(6-15)18-3/h4-5,8,10,15H,6H2,1-3H3,(H,13,14)(H,16,17). The zero-order valence-corrected chi connectivity index (χ0v) is 11.5. The number of aliphatic hydroxyl groups excluding tert-OH is 1. The molecule has 0 aliphatic carbocycles. The van der Waals surface area contributed by atoms with Crippen molar-refractivity contribution < 1.29 is 15.0 Å². The predicted molar refractivity (Wildman–Crippen MR) is 73.4 cm³/mol. The summed E-state index contributed by atoms with van der Waals surface area (Å²) in [7, 11) is 0. The summed E-state index contributed by atoms with van der Waals surface area (Å²) in [4.78, 5) is 15.3. The molecule has 1 aromatic rings. The lowest BCUT2D eigenvalue weighted by Crippen LogP contribution is -2.32. The molecule has 3 N–H and O–H groups in total. The van der Waals surface area contributed by atoms with Gasteiger partial charge in [0.2, 0.25) is 0 Å². The summed E-state index contributed by atoms with van der Waals surface area (Å²) < 4.78 is 0. The van der Waals surface area contributed by atoms with Gasteiger partial charge < -0.3 is 15.5 Å². The van der Waals surface area contributed by atoms with Crippen LogP contribution in [0.5, 0.6) is 0 Å². The van der Waals surface area contributed by atoms with Crippen molar-refractivity contribution in [2.45, 2.75) is 25.1 Å². The highest BCUT2D eigenvalue weighted by molar-refractivity contribution is 7.99. The van der Waals surface area contributed by atoms with Crippen LogP contribution < -0.4 is 5.32 Å². The number of aromatic carboxylic acids is 1. The van der Waals surface area contributed by atoms with Crippen LogP contribution in [-0.2, 0) is 0 Å². The summed E-state index contributed by atoms with van der Waals surface area (Å²) in [6.45, 7) is 3.73. The number of hydrogen-bond acceptors (Lipinski definition) is 5. The molecule has 0 amide bonds. The summed E-state index contributed by atoms with van der Waals surface area (Å²) in [5.74, 6) is -0.663. The molecule has 0 fully saturated rings. The van der Waals surface area contributed by atoms with Crippen LogP contribution in [0.25, 0.3) is 0 Å². The van der Waals surface area contributed by atoms with Gasteiger partial charge in [-0.1, -0.05) is 0 Å². The number of carboxylic acids is 1. The molecule has 18 heavy (non-hydrogen) atoms. The van der Waals surface area contributed by atoms with Crippen molar-refractivity contribution in [3.8, 4) is 0 Å². The molecule has 0 aliphatic rings. The van der Waals surface area contributed by atoms with E-state index >= 15 is 0 Å². The molecule has 5 nitrogen and oxygen atoms in total. The van der Waals surface area contributed by atoms with Gasteiger partial charge in [0.15, 0.2) is 0 Å². The van der Waals surface area contributed by atoms with Gasteiger partial charge in [-0.2, -0.15) is 11.8 Å². The third kappa shape index (κ3) is 3.61. The summed E-state index contributed by atoms with van der Waals surface area (Å²) in [5.41, 5.74) is 0.893. The van der Waals surface area contributed by atoms with Crippen LogP contribution in [0, 0.1) is 6.92 Å². The van der Waals surface area contributed by atoms with E-state index in [9.17, 15) is 9.90 Å². The maximum Gasteiger partial charge on any atom is 0.339 e. The topological polar surface area (TPSA) is 82.5 Å². The highest BCUT2D eigenvalue weighted by Gasteiger charge is 2.19. The number of aliphatic hydroxyl groups is 1. The summed E-state index contributed by atoms with van der Waals surface area (Å²) >= 11 is 1.53. The van der Waals surface area contributed by atoms with E-state index in [1.165, 1.54) is 17.8 Å². The number of carboxylic acid groups (broad SMARTS) is 1. The van der Waals surface area contributed by atoms with Crippen LogP contribution in [0.1, 0.15) is 23.0 Å². The van der Waals surface area contributed by atoms with Gasteiger partial charge in [0.1, 0.15) is 11.4 Å². The molecule has 0 saturated heterocycles. The number of thioether (sulfide) groups is 1. The second-order valence-electron chi connectivity index (χ2n) is 4.04. The predicted octanol–water partition coefficient (Wildman–Crippen LogP) is 1.61. The van der Waals surface area contributed by atoms with E-state index in [1.807, 2.05) is 13.2 Å². The Morgan fingerprint density at radius 2 is 2.22 bits per heavy atom. The van der Waals surface area contributed by atoms with Crippen molar-refractivity contribution in [1.29, 1.82) is 0 Å². The average molecular weight is 270 g/mol. The smallest absolute Gasteiger partial charge is 0.339 e. The van der Waals surface area contributed by atoms with E-state index in [0.29, 0.717) is 5.82 Å². The van der Waals surface area contributed by atoms with Crippen LogP contribution in [0.3, 0.4) is 0 Å².